The molecule has 2 aromatic heterocycles. The van der Waals surface area contributed by atoms with Crippen molar-refractivity contribution in [3.8, 4) is 5.69 Å². The number of carbonyl (C=O) groups excluding carboxylic acids is 1. The van der Waals surface area contributed by atoms with E-state index in [1.807, 2.05) is 24.3 Å². The van der Waals surface area contributed by atoms with Gasteiger partial charge < -0.3 is 5.32 Å². The number of nitrogens with one attached hydrogen (secondary N) is 1. The maximum absolute atomic E-state index is 13.0. The molecule has 1 unspecified atom stereocenters. The number of aryl methyl sites for hydroxylation is 2. The van der Waals surface area contributed by atoms with Crippen molar-refractivity contribution in [2.75, 3.05) is 0 Å². The topological polar surface area (TPSA) is 99.6 Å². The zero-order valence-corrected chi connectivity index (χ0v) is 19.1. The van der Waals surface area contributed by atoms with Gasteiger partial charge in [-0.3, -0.25) is 4.79 Å². The van der Waals surface area contributed by atoms with Crippen LogP contribution in [0.3, 0.4) is 0 Å². The van der Waals surface area contributed by atoms with E-state index in [4.69, 9.17) is 23.2 Å². The maximum atomic E-state index is 13.0. The minimum atomic E-state index is -0.483. The van der Waals surface area contributed by atoms with E-state index >= 15 is 0 Å². The van der Waals surface area contributed by atoms with E-state index in [0.717, 1.165) is 11.3 Å². The molecule has 0 aliphatic carbocycles. The molecule has 3 heterocycles. The Labute approximate surface area is 198 Å². The van der Waals surface area contributed by atoms with E-state index in [-0.39, 0.29) is 18.1 Å². The van der Waals surface area contributed by atoms with Crippen LogP contribution in [-0.4, -0.2) is 35.0 Å². The molecular weight excluding hydrogens is 465 g/mol. The summed E-state index contributed by atoms with van der Waals surface area (Å²) < 4.78 is 4.33. The van der Waals surface area contributed by atoms with Gasteiger partial charge in [-0.2, -0.15) is 5.10 Å². The lowest BCUT2D eigenvalue weighted by Crippen LogP contribution is -2.31. The summed E-state index contributed by atoms with van der Waals surface area (Å²) in [5, 5.41) is 12.6. The number of halogens is 2. The number of rotatable bonds is 4. The summed E-state index contributed by atoms with van der Waals surface area (Å²) in [5.41, 5.74) is 2.22. The first-order chi connectivity index (χ1) is 15.9. The van der Waals surface area contributed by atoms with Crippen LogP contribution < -0.4 is 11.0 Å². The monoisotopic (exact) mass is 483 g/mol. The summed E-state index contributed by atoms with van der Waals surface area (Å²) in [4.78, 5) is 29.9. The molecule has 0 fully saturated rings. The second-order valence-corrected chi connectivity index (χ2v) is 8.57. The van der Waals surface area contributed by atoms with Gasteiger partial charge >= 0.3 is 5.69 Å². The van der Waals surface area contributed by atoms with Crippen LogP contribution in [0, 0.1) is 0 Å². The Hall–Kier alpha value is -3.43. The van der Waals surface area contributed by atoms with Crippen molar-refractivity contribution in [3.63, 3.8) is 0 Å². The number of para-hydroxylation sites is 1. The number of aromatic nitrogens is 6. The van der Waals surface area contributed by atoms with Crippen LogP contribution in [0.4, 0.5) is 0 Å². The van der Waals surface area contributed by atoms with Crippen LogP contribution in [0.5, 0.6) is 0 Å². The number of benzene rings is 2. The molecular formula is C22H19Cl2N7O2. The van der Waals surface area contributed by atoms with Crippen molar-refractivity contribution >= 4 is 29.1 Å². The normalized spacial score (nSPS) is 14.9. The molecule has 1 atom stereocenters. The van der Waals surface area contributed by atoms with Gasteiger partial charge in [0.15, 0.2) is 5.82 Å². The Balaban J connectivity index is 1.40. The van der Waals surface area contributed by atoms with Crippen LogP contribution in [0.2, 0.25) is 10.0 Å². The summed E-state index contributed by atoms with van der Waals surface area (Å²) in [6, 6.07) is 12.4. The molecule has 33 heavy (non-hydrogen) atoms. The van der Waals surface area contributed by atoms with Gasteiger partial charge in [0.25, 0.3) is 5.91 Å². The maximum Gasteiger partial charge on any atom is 0.350 e. The van der Waals surface area contributed by atoms with Crippen LogP contribution in [0.25, 0.3) is 5.69 Å². The SMILES string of the molecule is Cn1nc2n(c1=O)-c1ccccc1CCC2NC(=O)c1ncn(Cc2c(Cl)cccc2Cl)n1. The number of nitrogens with zero attached hydrogens (tertiary/aromatic N) is 6. The van der Waals surface area contributed by atoms with Gasteiger partial charge in [0.05, 0.1) is 18.3 Å². The first-order valence-electron chi connectivity index (χ1n) is 10.3. The number of carbonyl (C=O) groups is 1. The molecule has 168 valence electrons. The van der Waals surface area contributed by atoms with Crippen LogP contribution in [0.15, 0.2) is 53.6 Å². The quantitative estimate of drug-likeness (QED) is 0.480. The molecule has 1 amide bonds. The molecule has 0 radical (unpaired) electrons. The van der Waals surface area contributed by atoms with Gasteiger partial charge in [-0.15, -0.1) is 5.10 Å². The second-order valence-electron chi connectivity index (χ2n) is 7.76. The minimum Gasteiger partial charge on any atom is -0.339 e. The molecule has 2 aromatic carbocycles. The van der Waals surface area contributed by atoms with Crippen LogP contribution in [-0.2, 0) is 20.0 Å². The highest BCUT2D eigenvalue weighted by Crippen LogP contribution is 2.28. The Bertz CT molecular complexity index is 1400. The van der Waals surface area contributed by atoms with Crippen molar-refractivity contribution in [3.05, 3.63) is 92.1 Å². The summed E-state index contributed by atoms with van der Waals surface area (Å²) >= 11 is 12.5. The lowest BCUT2D eigenvalue weighted by Gasteiger charge is -2.14. The predicted octanol–water partition coefficient (Wildman–Crippen LogP) is 2.93. The van der Waals surface area contributed by atoms with E-state index in [2.05, 4.69) is 20.5 Å². The Kier molecular flexibility index (Phi) is 5.51. The number of amides is 1. The van der Waals surface area contributed by atoms with Crippen molar-refractivity contribution in [2.24, 2.45) is 7.05 Å². The first-order valence-corrected chi connectivity index (χ1v) is 11.1. The highest BCUT2D eigenvalue weighted by molar-refractivity contribution is 6.35. The highest BCUT2D eigenvalue weighted by atomic mass is 35.5. The Morgan fingerprint density at radius 1 is 1.12 bits per heavy atom. The third-order valence-corrected chi connectivity index (χ3v) is 6.33. The molecule has 1 aliphatic rings. The third-order valence-electron chi connectivity index (χ3n) is 5.62. The fraction of sp³-hybridized carbons (Fsp3) is 0.227. The van der Waals surface area contributed by atoms with E-state index in [0.29, 0.717) is 34.3 Å². The number of hydrogen-bond acceptors (Lipinski definition) is 5. The number of hydrogen-bond donors (Lipinski definition) is 1. The summed E-state index contributed by atoms with van der Waals surface area (Å²) in [7, 11) is 1.59. The fourth-order valence-corrected chi connectivity index (χ4v) is 4.50. The smallest absolute Gasteiger partial charge is 0.339 e. The molecule has 0 saturated heterocycles. The molecule has 4 aromatic rings. The second kappa shape index (κ2) is 8.49. The molecule has 0 spiro atoms. The average molecular weight is 484 g/mol. The van der Waals surface area contributed by atoms with E-state index in [9.17, 15) is 9.59 Å². The van der Waals surface area contributed by atoms with E-state index in [1.165, 1.54) is 15.7 Å². The largest absolute Gasteiger partial charge is 0.350 e. The minimum absolute atomic E-state index is 0.00441. The molecule has 5 rings (SSSR count). The summed E-state index contributed by atoms with van der Waals surface area (Å²) in [6.45, 7) is 0.275. The molecule has 0 saturated carbocycles. The highest BCUT2D eigenvalue weighted by Gasteiger charge is 2.29. The van der Waals surface area contributed by atoms with Gasteiger partial charge in [-0.05, 0) is 36.6 Å². The van der Waals surface area contributed by atoms with Gasteiger partial charge in [-0.1, -0.05) is 47.5 Å². The van der Waals surface area contributed by atoms with Crippen molar-refractivity contribution < 1.29 is 4.79 Å². The first kappa shape index (κ1) is 21.4. The van der Waals surface area contributed by atoms with E-state index < -0.39 is 11.9 Å². The summed E-state index contributed by atoms with van der Waals surface area (Å²) in [6.07, 6.45) is 2.71. The van der Waals surface area contributed by atoms with Crippen LogP contribution in [0.1, 0.15) is 40.0 Å². The summed E-state index contributed by atoms with van der Waals surface area (Å²) in [5.74, 6) is 0.0208. The van der Waals surface area contributed by atoms with Gasteiger partial charge in [0, 0.05) is 22.7 Å². The zero-order valence-electron chi connectivity index (χ0n) is 17.6. The molecule has 11 heteroatoms. The lowest BCUT2D eigenvalue weighted by atomic mass is 10.1. The van der Waals surface area contributed by atoms with E-state index in [1.54, 1.807) is 29.8 Å². The van der Waals surface area contributed by atoms with Gasteiger partial charge in [-0.25, -0.2) is 23.7 Å². The standard InChI is InChI=1S/C22H19Cl2N7O2/c1-29-22(33)31-18-8-3-2-5-13(18)9-10-17(20(31)28-29)26-21(32)19-25-12-30(27-19)11-14-15(23)6-4-7-16(14)24/h2-8,12,17H,9-11H2,1H3,(H,26,32). The van der Waals surface area contributed by atoms with Crippen molar-refractivity contribution in [1.82, 2.24) is 34.4 Å². The zero-order chi connectivity index (χ0) is 23.1. The fourth-order valence-electron chi connectivity index (χ4n) is 3.98. The molecule has 1 N–H and O–H groups in total. The average Bonchev–Trinajstić information content (AvgIpc) is 3.34. The van der Waals surface area contributed by atoms with Gasteiger partial charge in [0.1, 0.15) is 6.33 Å². The number of fused-ring (bicyclic) bond motifs is 3. The lowest BCUT2D eigenvalue weighted by molar-refractivity contribution is 0.0921. The Morgan fingerprint density at radius 3 is 2.67 bits per heavy atom. The van der Waals surface area contributed by atoms with Gasteiger partial charge in [0.2, 0.25) is 5.82 Å². The van der Waals surface area contributed by atoms with Crippen LogP contribution >= 0.6 is 23.2 Å². The molecule has 1 aliphatic heterocycles. The van der Waals surface area contributed by atoms with Crippen molar-refractivity contribution in [1.29, 1.82) is 0 Å². The molecule has 9 nitrogen and oxygen atoms in total. The van der Waals surface area contributed by atoms with Crippen molar-refractivity contribution in [2.45, 2.75) is 25.4 Å². The Morgan fingerprint density at radius 2 is 1.88 bits per heavy atom. The molecule has 0 bridgehead atoms. The third kappa shape index (κ3) is 3.94. The predicted molar refractivity (Wildman–Crippen MR) is 123 cm³/mol.